The predicted molar refractivity (Wildman–Crippen MR) is 59.0 cm³/mol. The normalized spacial score (nSPS) is 34.3. The maximum Gasteiger partial charge on any atom is 0.217 e. The fraction of sp³-hybridized carbons (Fsp3) is 1.00. The lowest BCUT2D eigenvalue weighted by Gasteiger charge is -2.36. The third-order valence-electron chi connectivity index (χ3n) is 4.21. The molecule has 3 rings (SSSR count). The van der Waals surface area contributed by atoms with Gasteiger partial charge in [-0.2, -0.15) is 4.31 Å². The molecule has 0 N–H and O–H groups in total. The standard InChI is InChI=1S/C11H19NO2S/c13-15(14,10-6-7-10)12-8-2-5-11(12)9-3-1-4-9/h9-11H,1-8H2. The predicted octanol–water partition coefficient (Wildman–Crippen LogP) is 1.74. The molecule has 0 spiro atoms. The lowest BCUT2D eigenvalue weighted by Crippen LogP contribution is -2.43. The van der Waals surface area contributed by atoms with Crippen LogP contribution in [0.5, 0.6) is 0 Å². The van der Waals surface area contributed by atoms with E-state index in [1.54, 1.807) is 0 Å². The fourth-order valence-corrected chi connectivity index (χ4v) is 5.09. The Morgan fingerprint density at radius 3 is 2.20 bits per heavy atom. The van der Waals surface area contributed by atoms with E-state index >= 15 is 0 Å². The monoisotopic (exact) mass is 229 g/mol. The SMILES string of the molecule is O=S(=O)(C1CC1)N1CCCC1C1CCC1. The van der Waals surface area contributed by atoms with Gasteiger partial charge in [0.2, 0.25) is 10.0 Å². The lowest BCUT2D eigenvalue weighted by atomic mass is 9.79. The molecule has 1 heterocycles. The average Bonchev–Trinajstić information content (AvgIpc) is 2.85. The molecule has 3 aliphatic rings. The Morgan fingerprint density at radius 2 is 1.67 bits per heavy atom. The number of hydrogen-bond donors (Lipinski definition) is 0. The number of sulfonamides is 1. The quantitative estimate of drug-likeness (QED) is 0.739. The molecule has 2 saturated carbocycles. The van der Waals surface area contributed by atoms with Gasteiger partial charge in [-0.1, -0.05) is 6.42 Å². The summed E-state index contributed by atoms with van der Waals surface area (Å²) in [5.74, 6) is 0.682. The van der Waals surface area contributed by atoms with Crippen molar-refractivity contribution in [3.05, 3.63) is 0 Å². The van der Waals surface area contributed by atoms with E-state index in [-0.39, 0.29) is 5.25 Å². The van der Waals surface area contributed by atoms with E-state index in [0.717, 1.165) is 32.2 Å². The summed E-state index contributed by atoms with van der Waals surface area (Å²) in [4.78, 5) is 0. The molecule has 1 atom stereocenters. The molecule has 0 aromatic rings. The molecule has 4 heteroatoms. The van der Waals surface area contributed by atoms with Crippen molar-refractivity contribution in [3.8, 4) is 0 Å². The van der Waals surface area contributed by atoms with Crippen LogP contribution in [0.4, 0.5) is 0 Å². The highest BCUT2D eigenvalue weighted by molar-refractivity contribution is 7.90. The molecule has 2 aliphatic carbocycles. The van der Waals surface area contributed by atoms with Crippen molar-refractivity contribution in [2.45, 2.75) is 56.2 Å². The Bertz CT molecular complexity index is 344. The average molecular weight is 229 g/mol. The first-order chi connectivity index (χ1) is 7.19. The molecule has 0 aromatic heterocycles. The highest BCUT2D eigenvalue weighted by atomic mass is 32.2. The van der Waals surface area contributed by atoms with Gasteiger partial charge in [-0.3, -0.25) is 0 Å². The minimum atomic E-state index is -2.90. The van der Waals surface area contributed by atoms with Crippen molar-refractivity contribution in [1.29, 1.82) is 0 Å². The maximum atomic E-state index is 12.2. The molecule has 1 unspecified atom stereocenters. The van der Waals surface area contributed by atoms with E-state index in [1.807, 2.05) is 4.31 Å². The molecule has 15 heavy (non-hydrogen) atoms. The molecule has 0 radical (unpaired) electrons. The first-order valence-corrected chi connectivity index (χ1v) is 7.70. The molecule has 3 nitrogen and oxygen atoms in total. The van der Waals surface area contributed by atoms with Crippen LogP contribution in [0.1, 0.15) is 44.9 Å². The van der Waals surface area contributed by atoms with Gasteiger partial charge in [0.15, 0.2) is 0 Å². The molecule has 1 aliphatic heterocycles. The molecule has 86 valence electrons. The van der Waals surface area contributed by atoms with Crippen molar-refractivity contribution in [2.75, 3.05) is 6.54 Å². The summed E-state index contributed by atoms with van der Waals surface area (Å²) in [6.07, 6.45) is 7.79. The van der Waals surface area contributed by atoms with E-state index in [9.17, 15) is 8.42 Å². The van der Waals surface area contributed by atoms with Crippen LogP contribution in [0.15, 0.2) is 0 Å². The summed E-state index contributed by atoms with van der Waals surface area (Å²) >= 11 is 0. The van der Waals surface area contributed by atoms with E-state index in [0.29, 0.717) is 12.0 Å². The minimum absolute atomic E-state index is 0.0156. The third kappa shape index (κ3) is 1.62. The summed E-state index contributed by atoms with van der Waals surface area (Å²) in [6.45, 7) is 0.792. The summed E-state index contributed by atoms with van der Waals surface area (Å²) in [5, 5.41) is -0.0156. The van der Waals surface area contributed by atoms with E-state index in [4.69, 9.17) is 0 Å². The van der Waals surface area contributed by atoms with Crippen molar-refractivity contribution in [2.24, 2.45) is 5.92 Å². The zero-order valence-corrected chi connectivity index (χ0v) is 9.88. The summed E-state index contributed by atoms with van der Waals surface area (Å²) < 4.78 is 26.2. The Hall–Kier alpha value is -0.0900. The van der Waals surface area contributed by atoms with Crippen LogP contribution in [0.25, 0.3) is 0 Å². The van der Waals surface area contributed by atoms with Crippen molar-refractivity contribution in [1.82, 2.24) is 4.31 Å². The first-order valence-electron chi connectivity index (χ1n) is 6.20. The summed E-state index contributed by atoms with van der Waals surface area (Å²) in [5.41, 5.74) is 0. The van der Waals surface area contributed by atoms with Crippen LogP contribution in [-0.2, 0) is 10.0 Å². The molecular weight excluding hydrogens is 210 g/mol. The number of nitrogens with zero attached hydrogens (tertiary/aromatic N) is 1. The van der Waals surface area contributed by atoms with Crippen molar-refractivity contribution >= 4 is 10.0 Å². The highest BCUT2D eigenvalue weighted by Crippen LogP contribution is 2.41. The zero-order valence-electron chi connectivity index (χ0n) is 9.06. The second-order valence-electron chi connectivity index (χ2n) is 5.26. The Balaban J connectivity index is 1.78. The van der Waals surface area contributed by atoms with Crippen LogP contribution in [0.3, 0.4) is 0 Å². The smallest absolute Gasteiger partial charge is 0.212 e. The molecule has 0 amide bonds. The minimum Gasteiger partial charge on any atom is -0.212 e. The van der Waals surface area contributed by atoms with E-state index in [2.05, 4.69) is 0 Å². The van der Waals surface area contributed by atoms with E-state index in [1.165, 1.54) is 19.3 Å². The molecule has 3 fully saturated rings. The van der Waals surface area contributed by atoms with E-state index < -0.39 is 10.0 Å². The third-order valence-corrected chi connectivity index (χ3v) is 6.64. The summed E-state index contributed by atoms with van der Waals surface area (Å²) in [7, 11) is -2.90. The second-order valence-corrected chi connectivity index (χ2v) is 7.42. The van der Waals surface area contributed by atoms with Gasteiger partial charge in [0, 0.05) is 12.6 Å². The lowest BCUT2D eigenvalue weighted by molar-refractivity contribution is 0.191. The second kappa shape index (κ2) is 3.45. The van der Waals surface area contributed by atoms with Gasteiger partial charge in [0.25, 0.3) is 0 Å². The Labute approximate surface area is 91.9 Å². The molecular formula is C11H19NO2S. The molecule has 1 saturated heterocycles. The van der Waals surface area contributed by atoms with Gasteiger partial charge in [-0.25, -0.2) is 8.42 Å². The number of rotatable bonds is 3. The van der Waals surface area contributed by atoms with Crippen molar-refractivity contribution < 1.29 is 8.42 Å². The fourth-order valence-electron chi connectivity index (χ4n) is 2.93. The Morgan fingerprint density at radius 1 is 0.933 bits per heavy atom. The van der Waals surface area contributed by atoms with Crippen LogP contribution in [0, 0.1) is 5.92 Å². The molecule has 0 bridgehead atoms. The van der Waals surface area contributed by atoms with Crippen LogP contribution < -0.4 is 0 Å². The van der Waals surface area contributed by atoms with Crippen LogP contribution >= 0.6 is 0 Å². The first kappa shape index (κ1) is 10.1. The Kier molecular flexibility index (Phi) is 2.32. The number of hydrogen-bond acceptors (Lipinski definition) is 2. The van der Waals surface area contributed by atoms with Gasteiger partial charge in [-0.15, -0.1) is 0 Å². The van der Waals surface area contributed by atoms with Gasteiger partial charge < -0.3 is 0 Å². The van der Waals surface area contributed by atoms with Gasteiger partial charge in [-0.05, 0) is 44.4 Å². The topological polar surface area (TPSA) is 37.4 Å². The zero-order chi connectivity index (χ0) is 10.5. The highest BCUT2D eigenvalue weighted by Gasteiger charge is 2.46. The van der Waals surface area contributed by atoms with Crippen LogP contribution in [-0.4, -0.2) is 30.6 Å². The molecule has 0 aromatic carbocycles. The summed E-state index contributed by atoms with van der Waals surface area (Å²) in [6, 6.07) is 0.365. The van der Waals surface area contributed by atoms with Crippen molar-refractivity contribution in [3.63, 3.8) is 0 Å². The van der Waals surface area contributed by atoms with Gasteiger partial charge in [0.1, 0.15) is 0 Å². The van der Waals surface area contributed by atoms with Crippen LogP contribution in [0.2, 0.25) is 0 Å². The van der Waals surface area contributed by atoms with Gasteiger partial charge >= 0.3 is 0 Å². The van der Waals surface area contributed by atoms with Gasteiger partial charge in [0.05, 0.1) is 5.25 Å². The maximum absolute atomic E-state index is 12.2. The largest absolute Gasteiger partial charge is 0.217 e.